The van der Waals surface area contributed by atoms with Crippen molar-refractivity contribution in [2.24, 2.45) is 5.92 Å². The van der Waals surface area contributed by atoms with Gasteiger partial charge in [0.15, 0.2) is 5.82 Å². The van der Waals surface area contributed by atoms with Gasteiger partial charge in [0, 0.05) is 36.4 Å². The molecule has 2 aromatic rings. The van der Waals surface area contributed by atoms with Crippen LogP contribution in [-0.2, 0) is 4.79 Å². The number of hydrogen-bond acceptors (Lipinski definition) is 5. The van der Waals surface area contributed by atoms with Crippen molar-refractivity contribution in [3.8, 4) is 0 Å². The number of rotatable bonds is 4. The molecule has 1 amide bonds. The first kappa shape index (κ1) is 21.8. The van der Waals surface area contributed by atoms with Gasteiger partial charge in [0.2, 0.25) is 5.91 Å². The van der Waals surface area contributed by atoms with Crippen LogP contribution in [0.5, 0.6) is 0 Å². The second kappa shape index (κ2) is 9.35. The first-order valence-corrected chi connectivity index (χ1v) is 11.6. The molecule has 0 bridgehead atoms. The number of carbonyl (C=O) groups excluding carboxylic acids is 1. The van der Waals surface area contributed by atoms with Gasteiger partial charge in [-0.3, -0.25) is 9.69 Å². The average Bonchev–Trinajstić information content (AvgIpc) is 2.80. The van der Waals surface area contributed by atoms with Gasteiger partial charge >= 0.3 is 0 Å². The molecule has 0 aliphatic carbocycles. The molecule has 0 spiro atoms. The van der Waals surface area contributed by atoms with Gasteiger partial charge in [-0.2, -0.15) is 5.10 Å². The van der Waals surface area contributed by atoms with Gasteiger partial charge in [-0.05, 0) is 95.3 Å². The smallest absolute Gasteiger partial charge is 0.227 e. The third kappa shape index (κ3) is 5.42. The Kier molecular flexibility index (Phi) is 6.56. The number of carbonyl (C=O) groups is 1. The summed E-state index contributed by atoms with van der Waals surface area (Å²) in [7, 11) is 0. The molecule has 2 fully saturated rings. The van der Waals surface area contributed by atoms with Crippen molar-refractivity contribution in [3.63, 3.8) is 0 Å². The second-order valence-electron chi connectivity index (χ2n) is 9.89. The lowest BCUT2D eigenvalue weighted by Gasteiger charge is -2.41. The zero-order valence-corrected chi connectivity index (χ0v) is 19.1. The molecule has 0 saturated carbocycles. The predicted octanol–water partition coefficient (Wildman–Crippen LogP) is 4.31. The molecule has 4 rings (SSSR count). The second-order valence-corrected chi connectivity index (χ2v) is 9.89. The van der Waals surface area contributed by atoms with Crippen LogP contribution in [0.1, 0.15) is 57.9 Å². The molecule has 0 atom stereocenters. The highest BCUT2D eigenvalue weighted by Crippen LogP contribution is 2.31. The zero-order valence-electron chi connectivity index (χ0n) is 19.1. The number of benzene rings is 1. The Balaban J connectivity index is 1.26. The van der Waals surface area contributed by atoms with E-state index in [4.69, 9.17) is 0 Å². The fourth-order valence-electron chi connectivity index (χ4n) is 4.80. The number of piperidine rings is 2. The molecule has 1 aromatic heterocycles. The van der Waals surface area contributed by atoms with E-state index in [1.54, 1.807) is 6.20 Å². The van der Waals surface area contributed by atoms with Crippen molar-refractivity contribution < 1.29 is 4.79 Å². The minimum atomic E-state index is 0.0503. The van der Waals surface area contributed by atoms with E-state index >= 15 is 0 Å². The lowest BCUT2D eigenvalue weighted by atomic mass is 9.87. The number of nitrogens with one attached hydrogen (secondary N) is 1. The number of aromatic nitrogens is 2. The summed E-state index contributed by atoms with van der Waals surface area (Å²) in [6, 6.07) is 12.4. The van der Waals surface area contributed by atoms with Crippen molar-refractivity contribution in [2.75, 3.05) is 36.4 Å². The molecule has 31 heavy (non-hydrogen) atoms. The van der Waals surface area contributed by atoms with Gasteiger partial charge in [0.25, 0.3) is 0 Å². The molecule has 0 radical (unpaired) electrons. The lowest BCUT2D eigenvalue weighted by Crippen LogP contribution is -2.45. The molecule has 3 heterocycles. The normalized spacial score (nSPS) is 19.4. The topological polar surface area (TPSA) is 61.4 Å². The summed E-state index contributed by atoms with van der Waals surface area (Å²) in [4.78, 5) is 17.5. The number of nitrogens with zero attached hydrogens (tertiary/aromatic N) is 4. The zero-order chi connectivity index (χ0) is 21.8. The van der Waals surface area contributed by atoms with Gasteiger partial charge in [-0.1, -0.05) is 12.1 Å². The molecule has 1 N–H and O–H groups in total. The van der Waals surface area contributed by atoms with Crippen molar-refractivity contribution in [1.82, 2.24) is 15.1 Å². The largest absolute Gasteiger partial charge is 0.355 e. The van der Waals surface area contributed by atoms with Crippen LogP contribution in [0.4, 0.5) is 11.5 Å². The molecule has 2 saturated heterocycles. The minimum Gasteiger partial charge on any atom is -0.355 e. The Bertz CT molecular complexity index is 846. The van der Waals surface area contributed by atoms with E-state index in [9.17, 15) is 4.79 Å². The monoisotopic (exact) mass is 421 g/mol. The predicted molar refractivity (Wildman–Crippen MR) is 125 cm³/mol. The highest BCUT2D eigenvalue weighted by Gasteiger charge is 2.28. The van der Waals surface area contributed by atoms with Crippen molar-refractivity contribution in [1.29, 1.82) is 0 Å². The standard InChI is InChI=1S/C25H35N5O/c1-25(2,3)30-17-12-20(13-18-30)19-6-8-22(9-7-19)27-24(31)21-10-15-29(16-11-21)23-5-4-14-26-28-23/h4-9,14,20-21H,10-13,15-18H2,1-3H3,(H,27,31). The molecule has 2 aliphatic rings. The van der Waals surface area contributed by atoms with Crippen LogP contribution in [0.15, 0.2) is 42.6 Å². The van der Waals surface area contributed by atoms with Crippen LogP contribution >= 0.6 is 0 Å². The van der Waals surface area contributed by atoms with E-state index in [2.05, 4.69) is 70.4 Å². The van der Waals surface area contributed by atoms with E-state index in [1.807, 2.05) is 12.1 Å². The fourth-order valence-corrected chi connectivity index (χ4v) is 4.80. The molecule has 1 aromatic carbocycles. The highest BCUT2D eigenvalue weighted by molar-refractivity contribution is 5.92. The Labute approximate surface area is 186 Å². The van der Waals surface area contributed by atoms with Crippen LogP contribution < -0.4 is 10.2 Å². The summed E-state index contributed by atoms with van der Waals surface area (Å²) in [6.45, 7) is 10.9. The van der Waals surface area contributed by atoms with Crippen molar-refractivity contribution in [2.45, 2.75) is 57.9 Å². The summed E-state index contributed by atoms with van der Waals surface area (Å²) >= 11 is 0. The maximum absolute atomic E-state index is 12.8. The van der Waals surface area contributed by atoms with E-state index < -0.39 is 0 Å². The number of hydrogen-bond donors (Lipinski definition) is 1. The van der Waals surface area contributed by atoms with Crippen molar-refractivity contribution in [3.05, 3.63) is 48.2 Å². The van der Waals surface area contributed by atoms with E-state index in [-0.39, 0.29) is 17.4 Å². The van der Waals surface area contributed by atoms with Crippen LogP contribution in [0, 0.1) is 5.92 Å². The summed E-state index contributed by atoms with van der Waals surface area (Å²) in [5.41, 5.74) is 2.55. The number of amides is 1. The third-order valence-corrected chi connectivity index (χ3v) is 6.84. The molecule has 166 valence electrons. The van der Waals surface area contributed by atoms with Crippen LogP contribution in [-0.4, -0.2) is 52.7 Å². The quantitative estimate of drug-likeness (QED) is 0.797. The molecular weight excluding hydrogens is 386 g/mol. The minimum absolute atomic E-state index is 0.0503. The SMILES string of the molecule is CC(C)(C)N1CCC(c2ccc(NC(=O)C3CCN(c4cccnn4)CC3)cc2)CC1. The van der Waals surface area contributed by atoms with Crippen LogP contribution in [0.25, 0.3) is 0 Å². The molecule has 2 aliphatic heterocycles. The number of likely N-dealkylation sites (tertiary alicyclic amines) is 1. The highest BCUT2D eigenvalue weighted by atomic mass is 16.1. The molecular formula is C25H35N5O. The van der Waals surface area contributed by atoms with E-state index in [0.29, 0.717) is 5.92 Å². The summed E-state index contributed by atoms with van der Waals surface area (Å²) in [6.07, 6.45) is 5.77. The average molecular weight is 422 g/mol. The molecule has 0 unspecified atom stereocenters. The van der Waals surface area contributed by atoms with Crippen LogP contribution in [0.3, 0.4) is 0 Å². The first-order valence-electron chi connectivity index (χ1n) is 11.6. The van der Waals surface area contributed by atoms with Gasteiger partial charge in [-0.25, -0.2) is 0 Å². The Morgan fingerprint density at radius 2 is 1.65 bits per heavy atom. The first-order chi connectivity index (χ1) is 14.9. The summed E-state index contributed by atoms with van der Waals surface area (Å²) < 4.78 is 0. The maximum atomic E-state index is 12.8. The molecule has 6 heteroatoms. The van der Waals surface area contributed by atoms with E-state index in [1.165, 1.54) is 18.4 Å². The summed E-state index contributed by atoms with van der Waals surface area (Å²) in [5.74, 6) is 1.69. The molecule has 6 nitrogen and oxygen atoms in total. The Hall–Kier alpha value is -2.47. The van der Waals surface area contributed by atoms with Gasteiger partial charge in [0.05, 0.1) is 0 Å². The van der Waals surface area contributed by atoms with Crippen LogP contribution in [0.2, 0.25) is 0 Å². The fraction of sp³-hybridized carbons (Fsp3) is 0.560. The van der Waals surface area contributed by atoms with Gasteiger partial charge < -0.3 is 10.2 Å². The Morgan fingerprint density at radius 1 is 0.968 bits per heavy atom. The van der Waals surface area contributed by atoms with E-state index in [0.717, 1.165) is 50.5 Å². The third-order valence-electron chi connectivity index (χ3n) is 6.84. The summed E-state index contributed by atoms with van der Waals surface area (Å²) in [5, 5.41) is 11.3. The number of anilines is 2. The van der Waals surface area contributed by atoms with Gasteiger partial charge in [0.1, 0.15) is 0 Å². The van der Waals surface area contributed by atoms with Gasteiger partial charge in [-0.15, -0.1) is 5.10 Å². The lowest BCUT2D eigenvalue weighted by molar-refractivity contribution is -0.120. The van der Waals surface area contributed by atoms with Crippen molar-refractivity contribution >= 4 is 17.4 Å². The maximum Gasteiger partial charge on any atom is 0.227 e. The Morgan fingerprint density at radius 3 is 2.23 bits per heavy atom.